The molecule has 0 amide bonds. The number of nitrogens with one attached hydrogen (secondary N) is 1. The van der Waals surface area contributed by atoms with E-state index >= 15 is 0 Å². The second-order valence-corrected chi connectivity index (χ2v) is 5.07. The number of hydrogen-bond donors (Lipinski definition) is 2. The molecule has 0 aliphatic carbocycles. The Labute approximate surface area is 122 Å². The van der Waals surface area contributed by atoms with Crippen molar-refractivity contribution in [3.8, 4) is 0 Å². The van der Waals surface area contributed by atoms with E-state index in [9.17, 15) is 0 Å². The van der Waals surface area contributed by atoms with Crippen LogP contribution < -0.4 is 11.1 Å². The lowest BCUT2D eigenvalue weighted by molar-refractivity contribution is 1.02. The first-order valence-electron chi connectivity index (χ1n) is 5.94. The molecule has 0 saturated carbocycles. The number of aryl methyl sites for hydroxylation is 1. The van der Waals surface area contributed by atoms with Crippen molar-refractivity contribution in [2.45, 2.75) is 20.0 Å². The molecule has 5 heteroatoms. The fraction of sp³-hybridized carbons (Fsp3) is 0.214. The molecule has 2 aromatic rings. The van der Waals surface area contributed by atoms with Crippen LogP contribution in [0.5, 0.6) is 0 Å². The van der Waals surface area contributed by atoms with Crippen molar-refractivity contribution in [2.75, 3.05) is 5.32 Å². The molecule has 2 rings (SSSR count). The van der Waals surface area contributed by atoms with Gasteiger partial charge in [0, 0.05) is 23.7 Å². The van der Waals surface area contributed by atoms with Crippen LogP contribution in [0.1, 0.15) is 16.7 Å². The third-order valence-electron chi connectivity index (χ3n) is 2.89. The Morgan fingerprint density at radius 1 is 1.21 bits per heavy atom. The molecule has 1 heterocycles. The number of nitrogens with two attached hydrogens (primary N) is 1. The standard InChI is InChI=1S/C14H15Cl2N3/c1-9-6-13(19-14(16)12(9)7-17)18-8-10-2-4-11(15)5-3-10/h2-6H,7-8,17H2,1H3,(H,18,19). The Morgan fingerprint density at radius 3 is 2.47 bits per heavy atom. The van der Waals surface area contributed by atoms with E-state index < -0.39 is 0 Å². The van der Waals surface area contributed by atoms with Gasteiger partial charge in [0.05, 0.1) is 0 Å². The first kappa shape index (κ1) is 14.1. The third-order valence-corrected chi connectivity index (χ3v) is 3.45. The maximum atomic E-state index is 6.09. The molecule has 0 radical (unpaired) electrons. The van der Waals surface area contributed by atoms with E-state index in [-0.39, 0.29) is 0 Å². The van der Waals surface area contributed by atoms with Gasteiger partial charge in [-0.05, 0) is 36.2 Å². The van der Waals surface area contributed by atoms with Gasteiger partial charge in [0.2, 0.25) is 0 Å². The van der Waals surface area contributed by atoms with Crippen molar-refractivity contribution in [1.82, 2.24) is 4.98 Å². The summed E-state index contributed by atoms with van der Waals surface area (Å²) < 4.78 is 0. The summed E-state index contributed by atoms with van der Waals surface area (Å²) in [4.78, 5) is 4.29. The molecule has 0 saturated heterocycles. The van der Waals surface area contributed by atoms with Gasteiger partial charge in [-0.2, -0.15) is 0 Å². The molecule has 1 aromatic carbocycles. The van der Waals surface area contributed by atoms with Crippen LogP contribution >= 0.6 is 23.2 Å². The quantitative estimate of drug-likeness (QED) is 0.844. The predicted octanol–water partition coefficient (Wildman–Crippen LogP) is 3.77. The lowest BCUT2D eigenvalue weighted by Crippen LogP contribution is -2.06. The maximum Gasteiger partial charge on any atom is 0.136 e. The van der Waals surface area contributed by atoms with E-state index in [4.69, 9.17) is 28.9 Å². The fourth-order valence-electron chi connectivity index (χ4n) is 1.79. The summed E-state index contributed by atoms with van der Waals surface area (Å²) in [6.45, 7) is 3.04. The molecular weight excluding hydrogens is 281 g/mol. The van der Waals surface area contributed by atoms with E-state index in [1.54, 1.807) is 0 Å². The molecule has 3 N–H and O–H groups in total. The lowest BCUT2D eigenvalue weighted by Gasteiger charge is -2.10. The SMILES string of the molecule is Cc1cc(NCc2ccc(Cl)cc2)nc(Cl)c1CN. The van der Waals surface area contributed by atoms with E-state index in [0.717, 1.165) is 27.5 Å². The van der Waals surface area contributed by atoms with E-state index in [0.29, 0.717) is 18.2 Å². The summed E-state index contributed by atoms with van der Waals surface area (Å²) in [5.74, 6) is 0.745. The predicted molar refractivity (Wildman–Crippen MR) is 80.7 cm³/mol. The number of hydrogen-bond acceptors (Lipinski definition) is 3. The van der Waals surface area contributed by atoms with Crippen molar-refractivity contribution in [1.29, 1.82) is 0 Å². The van der Waals surface area contributed by atoms with Crippen LogP contribution in [0, 0.1) is 6.92 Å². The largest absolute Gasteiger partial charge is 0.366 e. The molecule has 100 valence electrons. The Hall–Kier alpha value is -1.29. The van der Waals surface area contributed by atoms with Gasteiger partial charge < -0.3 is 11.1 Å². The molecule has 0 bridgehead atoms. The Kier molecular flexibility index (Phi) is 4.64. The number of pyridine rings is 1. The van der Waals surface area contributed by atoms with Crippen LogP contribution in [0.4, 0.5) is 5.82 Å². The van der Waals surface area contributed by atoms with Crippen LogP contribution in [0.3, 0.4) is 0 Å². The van der Waals surface area contributed by atoms with Crippen LogP contribution in [-0.4, -0.2) is 4.98 Å². The lowest BCUT2D eigenvalue weighted by atomic mass is 10.1. The molecule has 19 heavy (non-hydrogen) atoms. The Balaban J connectivity index is 2.09. The molecule has 0 spiro atoms. The second kappa shape index (κ2) is 6.24. The number of benzene rings is 1. The van der Waals surface area contributed by atoms with Gasteiger partial charge >= 0.3 is 0 Å². The number of halogens is 2. The monoisotopic (exact) mass is 295 g/mol. The number of nitrogens with zero attached hydrogens (tertiary/aromatic N) is 1. The van der Waals surface area contributed by atoms with Gasteiger partial charge in [0.1, 0.15) is 11.0 Å². The highest BCUT2D eigenvalue weighted by Gasteiger charge is 2.06. The Morgan fingerprint density at radius 2 is 1.89 bits per heavy atom. The number of aromatic nitrogens is 1. The summed E-state index contributed by atoms with van der Waals surface area (Å²) in [7, 11) is 0. The fourth-order valence-corrected chi connectivity index (χ4v) is 2.23. The highest BCUT2D eigenvalue weighted by molar-refractivity contribution is 6.30. The summed E-state index contributed by atoms with van der Waals surface area (Å²) >= 11 is 11.9. The minimum Gasteiger partial charge on any atom is -0.366 e. The van der Waals surface area contributed by atoms with Gasteiger partial charge in [-0.25, -0.2) is 4.98 Å². The zero-order valence-electron chi connectivity index (χ0n) is 10.6. The molecule has 0 aliphatic rings. The number of anilines is 1. The molecule has 0 aliphatic heterocycles. The first-order chi connectivity index (χ1) is 9.10. The summed E-state index contributed by atoms with van der Waals surface area (Å²) in [5.41, 5.74) is 8.68. The van der Waals surface area contributed by atoms with Gasteiger partial charge in [-0.1, -0.05) is 35.3 Å². The van der Waals surface area contributed by atoms with Crippen LogP contribution in [0.25, 0.3) is 0 Å². The summed E-state index contributed by atoms with van der Waals surface area (Å²) in [6.07, 6.45) is 0. The molecule has 0 unspecified atom stereocenters. The van der Waals surface area contributed by atoms with Crippen molar-refractivity contribution in [3.05, 3.63) is 57.2 Å². The number of rotatable bonds is 4. The van der Waals surface area contributed by atoms with Gasteiger partial charge in [-0.15, -0.1) is 0 Å². The smallest absolute Gasteiger partial charge is 0.136 e. The van der Waals surface area contributed by atoms with Crippen molar-refractivity contribution in [3.63, 3.8) is 0 Å². The first-order valence-corrected chi connectivity index (χ1v) is 6.70. The minimum absolute atomic E-state index is 0.398. The summed E-state index contributed by atoms with van der Waals surface area (Å²) in [6, 6.07) is 9.61. The maximum absolute atomic E-state index is 6.09. The molecule has 1 aromatic heterocycles. The third kappa shape index (κ3) is 3.60. The molecule has 0 fully saturated rings. The highest BCUT2D eigenvalue weighted by atomic mass is 35.5. The average molecular weight is 296 g/mol. The topological polar surface area (TPSA) is 50.9 Å². The van der Waals surface area contributed by atoms with Gasteiger partial charge in [-0.3, -0.25) is 0 Å². The summed E-state index contributed by atoms with van der Waals surface area (Å²) in [5, 5.41) is 4.42. The zero-order chi connectivity index (χ0) is 13.8. The zero-order valence-corrected chi connectivity index (χ0v) is 12.1. The molecular formula is C14H15Cl2N3. The normalized spacial score (nSPS) is 10.5. The molecule has 3 nitrogen and oxygen atoms in total. The molecule has 0 atom stereocenters. The van der Waals surface area contributed by atoms with Crippen LogP contribution in [-0.2, 0) is 13.1 Å². The van der Waals surface area contributed by atoms with E-state index in [1.165, 1.54) is 0 Å². The van der Waals surface area contributed by atoms with E-state index in [2.05, 4.69) is 10.3 Å². The van der Waals surface area contributed by atoms with Gasteiger partial charge in [0.15, 0.2) is 0 Å². The van der Waals surface area contributed by atoms with E-state index in [1.807, 2.05) is 37.3 Å². The Bertz CT molecular complexity index is 544. The van der Waals surface area contributed by atoms with Crippen molar-refractivity contribution < 1.29 is 0 Å². The van der Waals surface area contributed by atoms with Crippen LogP contribution in [0.2, 0.25) is 10.2 Å². The van der Waals surface area contributed by atoms with Crippen LogP contribution in [0.15, 0.2) is 30.3 Å². The highest BCUT2D eigenvalue weighted by Crippen LogP contribution is 2.21. The minimum atomic E-state index is 0.398. The van der Waals surface area contributed by atoms with Crippen molar-refractivity contribution in [2.24, 2.45) is 5.73 Å². The van der Waals surface area contributed by atoms with Crippen molar-refractivity contribution >= 4 is 29.0 Å². The average Bonchev–Trinajstić information content (AvgIpc) is 2.38. The second-order valence-electron chi connectivity index (χ2n) is 4.28. The van der Waals surface area contributed by atoms with Gasteiger partial charge in [0.25, 0.3) is 0 Å².